The van der Waals surface area contributed by atoms with E-state index in [2.05, 4.69) is 15.2 Å². The zero-order valence-corrected chi connectivity index (χ0v) is 29.9. The van der Waals surface area contributed by atoms with E-state index in [0.29, 0.717) is 61.1 Å². The number of likely N-dealkylation sites (tertiary alicyclic amines) is 1. The summed E-state index contributed by atoms with van der Waals surface area (Å²) >= 11 is 1.07. The Morgan fingerprint density at radius 3 is 2.58 bits per heavy atom. The van der Waals surface area contributed by atoms with Crippen LogP contribution in [0.15, 0.2) is 47.5 Å². The Balaban J connectivity index is 1.22. The number of carbonyl (C=O) groups excluding carboxylic acids is 1. The van der Waals surface area contributed by atoms with Gasteiger partial charge in [0.1, 0.15) is 0 Å². The van der Waals surface area contributed by atoms with Crippen LogP contribution in [0.25, 0.3) is 11.3 Å². The Morgan fingerprint density at radius 1 is 1.10 bits per heavy atom. The molecule has 2 N–H and O–H groups in total. The molecule has 272 valence electrons. The third kappa shape index (κ3) is 8.53. The molecule has 2 aromatic heterocycles. The summed E-state index contributed by atoms with van der Waals surface area (Å²) < 4.78 is 70.7. The predicted molar refractivity (Wildman–Crippen MR) is 185 cm³/mol. The minimum atomic E-state index is -4.58. The summed E-state index contributed by atoms with van der Waals surface area (Å²) in [7, 11) is -3.54. The number of nitrogens with zero attached hydrogens (tertiary/aromatic N) is 6. The Kier molecular flexibility index (Phi) is 11.2. The molecule has 0 spiro atoms. The lowest BCUT2D eigenvalue weighted by atomic mass is 9.93. The van der Waals surface area contributed by atoms with Gasteiger partial charge in [-0.05, 0) is 57.1 Å². The Bertz CT molecular complexity index is 1770. The number of amides is 1. The Morgan fingerprint density at radius 2 is 1.88 bits per heavy atom. The predicted octanol–water partition coefficient (Wildman–Crippen LogP) is 3.43. The van der Waals surface area contributed by atoms with Crippen LogP contribution in [0, 0.1) is 0 Å². The minimum Gasteiger partial charge on any atom is -0.390 e. The van der Waals surface area contributed by atoms with Gasteiger partial charge in [-0.25, -0.2) is 8.42 Å². The van der Waals surface area contributed by atoms with E-state index in [-0.39, 0.29) is 36.5 Å². The van der Waals surface area contributed by atoms with Crippen molar-refractivity contribution in [1.29, 1.82) is 0 Å². The number of β-amino-alcohol motifs (C(OH)–C–C–N with tert-alkyl or cyclic N) is 1. The van der Waals surface area contributed by atoms with Crippen molar-refractivity contribution in [2.45, 2.75) is 68.4 Å². The highest BCUT2D eigenvalue weighted by Gasteiger charge is 2.36. The van der Waals surface area contributed by atoms with Gasteiger partial charge in [0.25, 0.3) is 0 Å². The van der Waals surface area contributed by atoms with E-state index in [4.69, 9.17) is 5.10 Å². The molecule has 6 rings (SSSR count). The molecule has 0 bridgehead atoms. The number of pyridine rings is 1. The summed E-state index contributed by atoms with van der Waals surface area (Å²) in [6.45, 7) is 5.87. The largest absolute Gasteiger partial charge is 0.417 e. The van der Waals surface area contributed by atoms with E-state index in [9.17, 15) is 31.5 Å². The van der Waals surface area contributed by atoms with Gasteiger partial charge >= 0.3 is 6.18 Å². The minimum absolute atomic E-state index is 0.0392. The standard InChI is InChI=1S/C34H44F3N7O4S2/c1-23-33(46)39-12-16-42(23)17-18-49-31-19-25(6-7-28(31)34(35,36)37)32-27-22-43(50(2,47)48)15-10-30(27)44(40-32)21-26(45)20-41-13-8-24(9-14-41)29-5-3-4-11-38-29/h3-7,11,19,23-24,26,45H,8-10,12-18,20-22H2,1-2H3,(H,39,46). The number of aliphatic hydroxyl groups excluding tert-OH is 1. The molecule has 50 heavy (non-hydrogen) atoms. The van der Waals surface area contributed by atoms with Crippen molar-refractivity contribution < 1.29 is 31.5 Å². The van der Waals surface area contributed by atoms with Gasteiger partial charge in [-0.2, -0.15) is 22.6 Å². The molecule has 16 heteroatoms. The van der Waals surface area contributed by atoms with Gasteiger partial charge in [0.05, 0.1) is 36.2 Å². The van der Waals surface area contributed by atoms with E-state index in [1.165, 1.54) is 16.4 Å². The highest BCUT2D eigenvalue weighted by molar-refractivity contribution is 7.99. The molecule has 0 radical (unpaired) electrons. The molecule has 3 aliphatic rings. The monoisotopic (exact) mass is 735 g/mol. The fourth-order valence-electron chi connectivity index (χ4n) is 7.15. The number of aliphatic hydroxyl groups is 1. The molecule has 11 nitrogen and oxygen atoms in total. The van der Waals surface area contributed by atoms with Gasteiger partial charge in [-0.1, -0.05) is 12.1 Å². The number of nitrogens with one attached hydrogen (secondary N) is 1. The molecule has 3 aromatic rings. The molecule has 5 heterocycles. The SMILES string of the molecule is CC1C(=O)NCCN1CCSc1cc(-c2nn(CC(O)CN3CCC(c4ccccn4)CC3)c3c2CN(S(C)(=O)=O)CC3)ccc1C(F)(F)F. The first-order chi connectivity index (χ1) is 23.8. The molecule has 0 saturated carbocycles. The summed E-state index contributed by atoms with van der Waals surface area (Å²) in [5, 5.41) is 18.9. The van der Waals surface area contributed by atoms with Crippen molar-refractivity contribution in [2.24, 2.45) is 0 Å². The normalized spacial score (nSPS) is 20.8. The summed E-state index contributed by atoms with van der Waals surface area (Å²) in [5.41, 5.74) is 2.59. The number of fused-ring (bicyclic) bond motifs is 1. The fraction of sp³-hybridized carbons (Fsp3) is 0.559. The van der Waals surface area contributed by atoms with Crippen molar-refractivity contribution in [2.75, 3.05) is 57.8 Å². The fourth-order valence-corrected chi connectivity index (χ4v) is 9.03. The first-order valence-corrected chi connectivity index (χ1v) is 19.8. The molecular formula is C34H44F3N7O4S2. The molecule has 1 aromatic carbocycles. The number of rotatable bonds is 11. The van der Waals surface area contributed by atoms with Crippen molar-refractivity contribution in [3.8, 4) is 11.3 Å². The number of aromatic nitrogens is 3. The zero-order chi connectivity index (χ0) is 35.6. The van der Waals surface area contributed by atoms with Gasteiger partial charge in [-0.3, -0.25) is 19.4 Å². The topological polar surface area (TPSA) is 124 Å². The van der Waals surface area contributed by atoms with E-state index >= 15 is 0 Å². The molecule has 0 aliphatic carbocycles. The molecule has 1 amide bonds. The number of sulfonamides is 1. The maximum absolute atomic E-state index is 14.2. The van der Waals surface area contributed by atoms with E-state index < -0.39 is 27.9 Å². The van der Waals surface area contributed by atoms with Gasteiger partial charge in [0.2, 0.25) is 15.9 Å². The molecule has 2 unspecified atom stereocenters. The first-order valence-electron chi connectivity index (χ1n) is 17.0. The van der Waals surface area contributed by atoms with Crippen molar-refractivity contribution in [3.05, 3.63) is 65.1 Å². The van der Waals surface area contributed by atoms with Gasteiger partial charge in [0, 0.05) is 91.0 Å². The number of piperidine rings is 1. The summed E-state index contributed by atoms with van der Waals surface area (Å²) in [6.07, 6.45) is -0.154. The van der Waals surface area contributed by atoms with Crippen LogP contribution >= 0.6 is 11.8 Å². The van der Waals surface area contributed by atoms with Crippen molar-refractivity contribution >= 4 is 27.7 Å². The van der Waals surface area contributed by atoms with Crippen LogP contribution in [-0.2, 0) is 40.5 Å². The number of alkyl halides is 3. The van der Waals surface area contributed by atoms with Crippen LogP contribution in [0.2, 0.25) is 0 Å². The lowest BCUT2D eigenvalue weighted by Gasteiger charge is -2.33. The van der Waals surface area contributed by atoms with Crippen LogP contribution in [0.5, 0.6) is 0 Å². The lowest BCUT2D eigenvalue weighted by molar-refractivity contribution is -0.139. The number of thioether (sulfide) groups is 1. The number of halogens is 3. The zero-order valence-electron chi connectivity index (χ0n) is 28.3. The first kappa shape index (κ1) is 36.8. The summed E-state index contributed by atoms with van der Waals surface area (Å²) in [4.78, 5) is 20.8. The van der Waals surface area contributed by atoms with Crippen LogP contribution in [0.1, 0.15) is 48.2 Å². The number of piperazine rings is 1. The van der Waals surface area contributed by atoms with Crippen LogP contribution in [0.4, 0.5) is 13.2 Å². The van der Waals surface area contributed by atoms with E-state index in [1.807, 2.05) is 29.3 Å². The molecule has 2 fully saturated rings. The average molecular weight is 736 g/mol. The quantitative estimate of drug-likeness (QED) is 0.285. The second kappa shape index (κ2) is 15.3. The Labute approximate surface area is 295 Å². The molecule has 2 saturated heterocycles. The third-order valence-electron chi connectivity index (χ3n) is 9.94. The second-order valence-corrected chi connectivity index (χ2v) is 16.5. The van der Waals surface area contributed by atoms with Crippen molar-refractivity contribution in [3.63, 3.8) is 0 Å². The maximum Gasteiger partial charge on any atom is 0.417 e. The molecular weight excluding hydrogens is 692 g/mol. The van der Waals surface area contributed by atoms with Gasteiger partial charge in [0.15, 0.2) is 0 Å². The average Bonchev–Trinajstić information content (AvgIpc) is 3.44. The molecule has 2 atom stereocenters. The smallest absolute Gasteiger partial charge is 0.390 e. The number of hydrogen-bond donors (Lipinski definition) is 2. The highest BCUT2D eigenvalue weighted by Crippen LogP contribution is 2.40. The van der Waals surface area contributed by atoms with Crippen LogP contribution in [0.3, 0.4) is 0 Å². The summed E-state index contributed by atoms with van der Waals surface area (Å²) in [6, 6.07) is 9.51. The highest BCUT2D eigenvalue weighted by atomic mass is 32.2. The number of carbonyl (C=O) groups is 1. The lowest BCUT2D eigenvalue weighted by Crippen LogP contribution is -2.54. The van der Waals surface area contributed by atoms with Crippen molar-refractivity contribution in [1.82, 2.24) is 34.2 Å². The third-order valence-corrected chi connectivity index (χ3v) is 12.2. The number of benzene rings is 1. The Hall–Kier alpha value is -3.02. The van der Waals surface area contributed by atoms with E-state index in [0.717, 1.165) is 61.4 Å². The van der Waals surface area contributed by atoms with Crippen LogP contribution in [-0.4, -0.2) is 118 Å². The van der Waals surface area contributed by atoms with Gasteiger partial charge < -0.3 is 15.3 Å². The van der Waals surface area contributed by atoms with Gasteiger partial charge in [-0.15, -0.1) is 11.8 Å². The van der Waals surface area contributed by atoms with Crippen LogP contribution < -0.4 is 5.32 Å². The maximum atomic E-state index is 14.2. The molecule has 3 aliphatic heterocycles. The number of hydrogen-bond acceptors (Lipinski definition) is 9. The summed E-state index contributed by atoms with van der Waals surface area (Å²) in [5.74, 6) is 0.617. The van der Waals surface area contributed by atoms with E-state index in [1.54, 1.807) is 11.6 Å². The second-order valence-electron chi connectivity index (χ2n) is 13.3.